The number of aromatic nitrogens is 1. The molecule has 0 saturated heterocycles. The summed E-state index contributed by atoms with van der Waals surface area (Å²) in [6, 6.07) is 14.7. The minimum absolute atomic E-state index is 0.0416. The van der Waals surface area contributed by atoms with Crippen LogP contribution in [0.1, 0.15) is 47.1 Å². The number of carbonyl (C=O) groups excluding carboxylic acids is 1. The molecule has 1 aromatic heterocycles. The standard InChI is InChI=1S/C23H19ClN2O3/c1-12-20-21(14-3-2-4-16(24)9-14)22-18(25-23(20)29-26-12)10-15(11-19(22)28)13-5-7-17(27)8-6-13/h2-9,15,21,25,27H,10-11H2,1H3/t15-,21-/m1/s1. The van der Waals surface area contributed by atoms with Crippen molar-refractivity contribution in [2.75, 3.05) is 5.32 Å². The zero-order valence-corrected chi connectivity index (χ0v) is 16.5. The third kappa shape index (κ3) is 3.02. The van der Waals surface area contributed by atoms with Gasteiger partial charge in [-0.1, -0.05) is 41.0 Å². The van der Waals surface area contributed by atoms with Crippen LogP contribution in [-0.2, 0) is 4.79 Å². The van der Waals surface area contributed by atoms with Gasteiger partial charge in [0.15, 0.2) is 5.78 Å². The van der Waals surface area contributed by atoms with Crippen LogP contribution >= 0.6 is 11.6 Å². The maximum atomic E-state index is 13.4. The van der Waals surface area contributed by atoms with Crippen LogP contribution in [0.25, 0.3) is 0 Å². The smallest absolute Gasteiger partial charge is 0.233 e. The van der Waals surface area contributed by atoms with Gasteiger partial charge in [-0.3, -0.25) is 4.79 Å². The number of nitrogens with zero attached hydrogens (tertiary/aromatic N) is 1. The summed E-state index contributed by atoms with van der Waals surface area (Å²) in [5.74, 6) is 0.701. The van der Waals surface area contributed by atoms with E-state index >= 15 is 0 Å². The SMILES string of the molecule is Cc1noc2c1[C@@H](c1cccc(Cl)c1)C1=C(C[C@@H](c3ccc(O)cc3)CC1=O)N2. The lowest BCUT2D eigenvalue weighted by Crippen LogP contribution is -2.29. The predicted molar refractivity (Wildman–Crippen MR) is 110 cm³/mol. The third-order valence-electron chi connectivity index (χ3n) is 5.80. The van der Waals surface area contributed by atoms with Crippen molar-refractivity contribution in [1.29, 1.82) is 0 Å². The van der Waals surface area contributed by atoms with Gasteiger partial charge in [-0.15, -0.1) is 0 Å². The molecule has 0 fully saturated rings. The van der Waals surface area contributed by atoms with Gasteiger partial charge in [-0.2, -0.15) is 0 Å². The van der Waals surface area contributed by atoms with Crippen LogP contribution in [0.15, 0.2) is 64.3 Å². The molecule has 146 valence electrons. The number of anilines is 1. The molecule has 0 unspecified atom stereocenters. The first kappa shape index (κ1) is 18.0. The van der Waals surface area contributed by atoms with Crippen molar-refractivity contribution in [3.05, 3.63) is 87.2 Å². The molecule has 2 N–H and O–H groups in total. The summed E-state index contributed by atoms with van der Waals surface area (Å²) in [5.41, 5.74) is 5.27. The van der Waals surface area contributed by atoms with Crippen molar-refractivity contribution >= 4 is 23.3 Å². The molecule has 0 saturated carbocycles. The van der Waals surface area contributed by atoms with E-state index in [1.165, 1.54) is 0 Å². The molecule has 1 aliphatic carbocycles. The Hall–Kier alpha value is -3.05. The van der Waals surface area contributed by atoms with E-state index in [1.54, 1.807) is 12.1 Å². The maximum Gasteiger partial charge on any atom is 0.233 e. The molecule has 29 heavy (non-hydrogen) atoms. The molecule has 1 aliphatic heterocycles. The molecule has 5 rings (SSSR count). The number of phenolic OH excluding ortho intramolecular Hbond substituents is 1. The Balaban J connectivity index is 1.62. The van der Waals surface area contributed by atoms with Gasteiger partial charge in [-0.05, 0) is 54.7 Å². The summed E-state index contributed by atoms with van der Waals surface area (Å²) < 4.78 is 5.54. The maximum absolute atomic E-state index is 13.4. The van der Waals surface area contributed by atoms with Crippen molar-refractivity contribution in [2.24, 2.45) is 0 Å². The Labute approximate surface area is 173 Å². The number of aromatic hydroxyl groups is 1. The van der Waals surface area contributed by atoms with Crippen LogP contribution in [0.3, 0.4) is 0 Å². The third-order valence-corrected chi connectivity index (χ3v) is 6.04. The summed E-state index contributed by atoms with van der Waals surface area (Å²) >= 11 is 6.26. The second-order valence-corrected chi connectivity index (χ2v) is 8.07. The van der Waals surface area contributed by atoms with Gasteiger partial charge in [0.05, 0.1) is 11.3 Å². The molecular weight excluding hydrogens is 388 g/mol. The fourth-order valence-corrected chi connectivity index (χ4v) is 4.67. The van der Waals surface area contributed by atoms with Gasteiger partial charge < -0.3 is 14.9 Å². The molecule has 0 bridgehead atoms. The Morgan fingerprint density at radius 2 is 1.93 bits per heavy atom. The number of carbonyl (C=O) groups is 1. The fraction of sp³-hybridized carbons (Fsp3) is 0.217. The first-order chi connectivity index (χ1) is 14.0. The van der Waals surface area contributed by atoms with Crippen LogP contribution in [0.5, 0.6) is 5.75 Å². The van der Waals surface area contributed by atoms with Crippen molar-refractivity contribution in [2.45, 2.75) is 31.6 Å². The molecule has 2 heterocycles. The van der Waals surface area contributed by atoms with E-state index in [1.807, 2.05) is 43.3 Å². The monoisotopic (exact) mass is 406 g/mol. The summed E-state index contributed by atoms with van der Waals surface area (Å²) in [7, 11) is 0. The van der Waals surface area contributed by atoms with Gasteiger partial charge in [0.2, 0.25) is 5.88 Å². The molecule has 2 aromatic carbocycles. The van der Waals surface area contributed by atoms with E-state index in [2.05, 4.69) is 10.5 Å². The number of hydrogen-bond acceptors (Lipinski definition) is 5. The zero-order chi connectivity index (χ0) is 20.1. The number of allylic oxidation sites excluding steroid dienone is 2. The van der Waals surface area contributed by atoms with Gasteiger partial charge in [-0.25, -0.2) is 0 Å². The zero-order valence-electron chi connectivity index (χ0n) is 15.8. The van der Waals surface area contributed by atoms with Crippen molar-refractivity contribution in [1.82, 2.24) is 5.16 Å². The topological polar surface area (TPSA) is 75.4 Å². The summed E-state index contributed by atoms with van der Waals surface area (Å²) in [6.45, 7) is 1.89. The molecule has 0 spiro atoms. The second kappa shape index (κ2) is 6.78. The Kier molecular flexibility index (Phi) is 4.21. The molecule has 2 atom stereocenters. The number of phenols is 1. The van der Waals surface area contributed by atoms with E-state index < -0.39 is 0 Å². The van der Waals surface area contributed by atoms with Crippen LogP contribution < -0.4 is 5.32 Å². The van der Waals surface area contributed by atoms with Crippen LogP contribution in [0.2, 0.25) is 5.02 Å². The lowest BCUT2D eigenvalue weighted by atomic mass is 9.72. The van der Waals surface area contributed by atoms with Gasteiger partial charge in [0.25, 0.3) is 0 Å². The summed E-state index contributed by atoms with van der Waals surface area (Å²) in [4.78, 5) is 13.4. The first-order valence-electron chi connectivity index (χ1n) is 9.55. The average Bonchev–Trinajstić information content (AvgIpc) is 3.07. The molecular formula is C23H19ClN2O3. The van der Waals surface area contributed by atoms with Crippen molar-refractivity contribution in [3.63, 3.8) is 0 Å². The highest BCUT2D eigenvalue weighted by Crippen LogP contribution is 2.49. The van der Waals surface area contributed by atoms with E-state index in [0.717, 1.165) is 33.7 Å². The molecule has 2 aliphatic rings. The number of aryl methyl sites for hydroxylation is 1. The minimum Gasteiger partial charge on any atom is -0.508 e. The van der Waals surface area contributed by atoms with Gasteiger partial charge >= 0.3 is 0 Å². The molecule has 6 heteroatoms. The average molecular weight is 407 g/mol. The predicted octanol–water partition coefficient (Wildman–Crippen LogP) is 5.30. The number of Topliss-reactive ketones (excluding diaryl/α,β-unsaturated/α-hetero) is 1. The van der Waals surface area contributed by atoms with Crippen molar-refractivity contribution in [3.8, 4) is 5.75 Å². The number of fused-ring (bicyclic) bond motifs is 1. The number of halogens is 1. The number of benzene rings is 2. The first-order valence-corrected chi connectivity index (χ1v) is 9.93. The highest BCUT2D eigenvalue weighted by atomic mass is 35.5. The lowest BCUT2D eigenvalue weighted by molar-refractivity contribution is -0.116. The number of rotatable bonds is 2. The summed E-state index contributed by atoms with van der Waals surface area (Å²) in [6.07, 6.45) is 1.10. The van der Waals surface area contributed by atoms with Crippen LogP contribution in [0.4, 0.5) is 5.88 Å². The summed E-state index contributed by atoms with van der Waals surface area (Å²) in [5, 5.41) is 17.7. The largest absolute Gasteiger partial charge is 0.508 e. The normalized spacial score (nSPS) is 20.8. The van der Waals surface area contributed by atoms with Crippen LogP contribution in [0, 0.1) is 6.92 Å². The number of hydrogen-bond donors (Lipinski definition) is 2. The fourth-order valence-electron chi connectivity index (χ4n) is 4.47. The van der Waals surface area contributed by atoms with Gasteiger partial charge in [0.1, 0.15) is 5.75 Å². The van der Waals surface area contributed by atoms with Crippen molar-refractivity contribution < 1.29 is 14.4 Å². The van der Waals surface area contributed by atoms with E-state index in [0.29, 0.717) is 23.7 Å². The number of ketones is 1. The lowest BCUT2D eigenvalue weighted by Gasteiger charge is -2.34. The Morgan fingerprint density at radius 3 is 2.69 bits per heavy atom. The highest BCUT2D eigenvalue weighted by Gasteiger charge is 2.41. The number of nitrogens with one attached hydrogen (secondary N) is 1. The quantitative estimate of drug-likeness (QED) is 0.604. The highest BCUT2D eigenvalue weighted by molar-refractivity contribution is 6.30. The van der Waals surface area contributed by atoms with E-state index in [-0.39, 0.29) is 23.4 Å². The minimum atomic E-state index is -0.250. The molecule has 0 amide bonds. The Morgan fingerprint density at radius 1 is 1.14 bits per heavy atom. The molecule has 3 aromatic rings. The van der Waals surface area contributed by atoms with E-state index in [9.17, 15) is 9.90 Å². The van der Waals surface area contributed by atoms with Crippen LogP contribution in [-0.4, -0.2) is 16.0 Å². The molecule has 0 radical (unpaired) electrons. The van der Waals surface area contributed by atoms with E-state index in [4.69, 9.17) is 16.1 Å². The second-order valence-electron chi connectivity index (χ2n) is 7.64. The Bertz CT molecular complexity index is 1150. The molecule has 5 nitrogen and oxygen atoms in total. The van der Waals surface area contributed by atoms with Gasteiger partial charge in [0, 0.05) is 28.6 Å².